The zero-order valence-corrected chi connectivity index (χ0v) is 17.4. The van der Waals surface area contributed by atoms with E-state index in [9.17, 15) is 9.59 Å². The molecule has 2 rings (SSSR count). The van der Waals surface area contributed by atoms with E-state index in [0.717, 1.165) is 49.4 Å². The summed E-state index contributed by atoms with van der Waals surface area (Å²) in [4.78, 5) is 28.9. The van der Waals surface area contributed by atoms with Crippen LogP contribution in [0.15, 0.2) is 18.2 Å². The monoisotopic (exact) mass is 374 g/mol. The summed E-state index contributed by atoms with van der Waals surface area (Å²) in [7, 11) is 0. The SMILES string of the molecule is CCC(C)(C)NC(=O)CN1CCN(CC(=O)Nc2c(C)cccc2C)CC1. The van der Waals surface area contributed by atoms with Crippen molar-refractivity contribution in [1.29, 1.82) is 0 Å². The average Bonchev–Trinajstić information content (AvgIpc) is 2.59. The third-order valence-electron chi connectivity index (χ3n) is 5.31. The Morgan fingerprint density at radius 1 is 0.963 bits per heavy atom. The highest BCUT2D eigenvalue weighted by atomic mass is 16.2. The minimum atomic E-state index is -0.162. The molecule has 1 saturated heterocycles. The standard InChI is InChI=1S/C21H34N4O2/c1-6-21(4,5)23-19(27)15-25-12-10-24(11-13-25)14-18(26)22-20-16(2)8-7-9-17(20)3/h7-9H,6,10-15H2,1-5H3,(H,22,26)(H,23,27). The van der Waals surface area contributed by atoms with Gasteiger partial charge in [-0.15, -0.1) is 0 Å². The van der Waals surface area contributed by atoms with Crippen molar-refractivity contribution in [3.05, 3.63) is 29.3 Å². The maximum absolute atomic E-state index is 12.4. The first-order valence-electron chi connectivity index (χ1n) is 9.82. The lowest BCUT2D eigenvalue weighted by Gasteiger charge is -2.34. The van der Waals surface area contributed by atoms with Crippen molar-refractivity contribution in [3.63, 3.8) is 0 Å². The largest absolute Gasteiger partial charge is 0.350 e. The van der Waals surface area contributed by atoms with E-state index in [1.807, 2.05) is 45.9 Å². The number of hydrogen-bond acceptors (Lipinski definition) is 4. The van der Waals surface area contributed by atoms with E-state index in [1.54, 1.807) is 0 Å². The number of nitrogens with one attached hydrogen (secondary N) is 2. The van der Waals surface area contributed by atoms with E-state index in [2.05, 4.69) is 27.4 Å². The van der Waals surface area contributed by atoms with Crippen LogP contribution in [0.1, 0.15) is 38.3 Å². The number of aryl methyl sites for hydroxylation is 2. The molecular formula is C21H34N4O2. The second kappa shape index (κ2) is 9.33. The van der Waals surface area contributed by atoms with E-state index >= 15 is 0 Å². The normalized spacial score (nSPS) is 16.2. The molecule has 0 saturated carbocycles. The lowest BCUT2D eigenvalue weighted by atomic mass is 10.0. The van der Waals surface area contributed by atoms with Crippen LogP contribution in [0.5, 0.6) is 0 Å². The first kappa shape index (κ1) is 21.4. The Morgan fingerprint density at radius 2 is 1.44 bits per heavy atom. The Labute approximate surface area is 163 Å². The van der Waals surface area contributed by atoms with Gasteiger partial charge in [-0.2, -0.15) is 0 Å². The predicted octanol–water partition coefficient (Wildman–Crippen LogP) is 2.16. The summed E-state index contributed by atoms with van der Waals surface area (Å²) < 4.78 is 0. The number of anilines is 1. The third kappa shape index (κ3) is 6.63. The maximum atomic E-state index is 12.4. The Balaban J connectivity index is 1.76. The number of para-hydroxylation sites is 1. The second-order valence-corrected chi connectivity index (χ2v) is 8.15. The molecule has 0 spiro atoms. The van der Waals surface area contributed by atoms with Crippen LogP contribution in [0, 0.1) is 13.8 Å². The van der Waals surface area contributed by atoms with E-state index in [-0.39, 0.29) is 17.4 Å². The van der Waals surface area contributed by atoms with E-state index in [4.69, 9.17) is 0 Å². The van der Waals surface area contributed by atoms with E-state index in [0.29, 0.717) is 13.1 Å². The van der Waals surface area contributed by atoms with Gasteiger partial charge in [-0.1, -0.05) is 25.1 Å². The van der Waals surface area contributed by atoms with Crippen LogP contribution in [0.4, 0.5) is 5.69 Å². The molecule has 2 amide bonds. The number of amides is 2. The molecule has 6 nitrogen and oxygen atoms in total. The van der Waals surface area contributed by atoms with Crippen molar-refractivity contribution in [2.45, 2.75) is 46.6 Å². The first-order valence-corrected chi connectivity index (χ1v) is 9.82. The molecule has 1 heterocycles. The minimum Gasteiger partial charge on any atom is -0.350 e. The molecule has 2 N–H and O–H groups in total. The Morgan fingerprint density at radius 3 is 1.93 bits per heavy atom. The van der Waals surface area contributed by atoms with Gasteiger partial charge in [0.2, 0.25) is 11.8 Å². The molecular weight excluding hydrogens is 340 g/mol. The Bertz CT molecular complexity index is 644. The molecule has 0 aliphatic carbocycles. The second-order valence-electron chi connectivity index (χ2n) is 8.15. The molecule has 0 radical (unpaired) electrons. The Hall–Kier alpha value is -1.92. The summed E-state index contributed by atoms with van der Waals surface area (Å²) in [5, 5.41) is 6.12. The van der Waals surface area contributed by atoms with Crippen LogP contribution >= 0.6 is 0 Å². The lowest BCUT2D eigenvalue weighted by molar-refractivity contribution is -0.125. The van der Waals surface area contributed by atoms with E-state index in [1.165, 1.54) is 0 Å². The van der Waals surface area contributed by atoms with Gasteiger partial charge in [0.05, 0.1) is 13.1 Å². The molecule has 27 heavy (non-hydrogen) atoms. The number of hydrogen-bond donors (Lipinski definition) is 2. The quantitative estimate of drug-likeness (QED) is 0.768. The van der Waals surface area contributed by atoms with Crippen molar-refractivity contribution in [2.24, 2.45) is 0 Å². The molecule has 0 bridgehead atoms. The van der Waals surface area contributed by atoms with Gasteiger partial charge in [0.1, 0.15) is 0 Å². The lowest BCUT2D eigenvalue weighted by Crippen LogP contribution is -2.53. The maximum Gasteiger partial charge on any atom is 0.238 e. The first-order chi connectivity index (χ1) is 12.7. The molecule has 6 heteroatoms. The van der Waals surface area contributed by atoms with E-state index < -0.39 is 0 Å². The number of nitrogens with zero attached hydrogens (tertiary/aromatic N) is 2. The number of piperazine rings is 1. The van der Waals surface area contributed by atoms with Crippen LogP contribution in [-0.4, -0.2) is 66.4 Å². The summed E-state index contributed by atoms with van der Waals surface area (Å²) in [6.45, 7) is 14.2. The highest BCUT2D eigenvalue weighted by Gasteiger charge is 2.23. The molecule has 1 aromatic carbocycles. The fraction of sp³-hybridized carbons (Fsp3) is 0.619. The fourth-order valence-electron chi connectivity index (χ4n) is 3.21. The van der Waals surface area contributed by atoms with Crippen LogP contribution in [0.3, 0.4) is 0 Å². The summed E-state index contributed by atoms with van der Waals surface area (Å²) in [5.41, 5.74) is 2.91. The van der Waals surface area contributed by atoms with Crippen molar-refractivity contribution in [2.75, 3.05) is 44.6 Å². The molecule has 1 aliphatic heterocycles. The molecule has 1 fully saturated rings. The number of carbonyl (C=O) groups is 2. The predicted molar refractivity (Wildman–Crippen MR) is 110 cm³/mol. The van der Waals surface area contributed by atoms with Gasteiger partial charge >= 0.3 is 0 Å². The Kier molecular flexibility index (Phi) is 7.39. The zero-order valence-electron chi connectivity index (χ0n) is 17.4. The zero-order chi connectivity index (χ0) is 20.0. The topological polar surface area (TPSA) is 64.7 Å². The summed E-state index contributed by atoms with van der Waals surface area (Å²) in [5.74, 6) is 0.0892. The van der Waals surface area contributed by atoms with Crippen LogP contribution in [0.2, 0.25) is 0 Å². The van der Waals surface area contributed by atoms with Crippen molar-refractivity contribution >= 4 is 17.5 Å². The van der Waals surface area contributed by atoms with Crippen LogP contribution < -0.4 is 10.6 Å². The molecule has 0 aromatic heterocycles. The van der Waals surface area contributed by atoms with Crippen LogP contribution in [-0.2, 0) is 9.59 Å². The molecule has 0 unspecified atom stereocenters. The van der Waals surface area contributed by atoms with Gasteiger partial charge < -0.3 is 10.6 Å². The molecule has 1 aromatic rings. The molecule has 1 aliphatic rings. The smallest absolute Gasteiger partial charge is 0.238 e. The number of rotatable bonds is 7. The molecule has 0 atom stereocenters. The number of carbonyl (C=O) groups excluding carboxylic acids is 2. The number of benzene rings is 1. The van der Waals surface area contributed by atoms with Gasteiger partial charge in [0.15, 0.2) is 0 Å². The van der Waals surface area contributed by atoms with Crippen LogP contribution in [0.25, 0.3) is 0 Å². The van der Waals surface area contributed by atoms with Gasteiger partial charge in [-0.05, 0) is 45.2 Å². The highest BCUT2D eigenvalue weighted by molar-refractivity contribution is 5.93. The van der Waals surface area contributed by atoms with Crippen molar-refractivity contribution in [1.82, 2.24) is 15.1 Å². The highest BCUT2D eigenvalue weighted by Crippen LogP contribution is 2.19. The summed E-state index contributed by atoms with van der Waals surface area (Å²) in [6.07, 6.45) is 0.905. The van der Waals surface area contributed by atoms with Crippen molar-refractivity contribution < 1.29 is 9.59 Å². The van der Waals surface area contributed by atoms with Gasteiger partial charge in [0, 0.05) is 37.4 Å². The van der Waals surface area contributed by atoms with Gasteiger partial charge in [-0.25, -0.2) is 0 Å². The third-order valence-corrected chi connectivity index (χ3v) is 5.31. The van der Waals surface area contributed by atoms with Crippen molar-refractivity contribution in [3.8, 4) is 0 Å². The summed E-state index contributed by atoms with van der Waals surface area (Å²) >= 11 is 0. The average molecular weight is 375 g/mol. The summed E-state index contributed by atoms with van der Waals surface area (Å²) in [6, 6.07) is 6.01. The molecule has 150 valence electrons. The van der Waals surface area contributed by atoms with Gasteiger partial charge in [0.25, 0.3) is 0 Å². The minimum absolute atomic E-state index is 0.0169. The fourth-order valence-corrected chi connectivity index (χ4v) is 3.21. The van der Waals surface area contributed by atoms with Gasteiger partial charge in [-0.3, -0.25) is 19.4 Å².